The molecule has 0 amide bonds. The summed E-state index contributed by atoms with van der Waals surface area (Å²) in [5.41, 5.74) is 1.95. The van der Waals surface area contributed by atoms with E-state index in [0.717, 1.165) is 17.5 Å². The van der Waals surface area contributed by atoms with Crippen LogP contribution in [0.5, 0.6) is 0 Å². The van der Waals surface area contributed by atoms with E-state index < -0.39 is 10.0 Å². The summed E-state index contributed by atoms with van der Waals surface area (Å²) in [6.07, 6.45) is 1.51. The Morgan fingerprint density at radius 3 is 2.38 bits per heavy atom. The molecule has 1 rings (SSSR count). The fourth-order valence-corrected chi connectivity index (χ4v) is 3.48. The van der Waals surface area contributed by atoms with Gasteiger partial charge in [-0.3, -0.25) is 0 Å². The molecule has 0 heterocycles. The predicted molar refractivity (Wildman–Crippen MR) is 87.8 cm³/mol. The highest BCUT2D eigenvalue weighted by Crippen LogP contribution is 2.20. The molecule has 0 aliphatic rings. The fraction of sp³-hybridized carbons (Fsp3) is 0.625. The van der Waals surface area contributed by atoms with Gasteiger partial charge in [-0.05, 0) is 42.5 Å². The first-order valence-electron chi connectivity index (χ1n) is 7.45. The topological polar surface area (TPSA) is 58.2 Å². The van der Waals surface area contributed by atoms with Gasteiger partial charge in [0, 0.05) is 13.1 Å². The number of aryl methyl sites for hydroxylation is 1. The summed E-state index contributed by atoms with van der Waals surface area (Å²) in [5.74, 6) is 0. The molecule has 5 heteroatoms. The molecule has 0 unspecified atom stereocenters. The molecule has 21 heavy (non-hydrogen) atoms. The Morgan fingerprint density at radius 1 is 1.19 bits per heavy atom. The standard InChI is InChI=1S/C16H28N2O2S/c1-6-14-8-7-13(12-17-5)11-15(14)21(19,20)18-10-9-16(2,3)4/h7-8,11,17-18H,6,9-10,12H2,1-5H3. The maximum atomic E-state index is 12.5. The Bertz CT molecular complexity index is 560. The van der Waals surface area contributed by atoms with Gasteiger partial charge in [0.05, 0.1) is 4.90 Å². The van der Waals surface area contributed by atoms with Crippen LogP contribution in [0.4, 0.5) is 0 Å². The summed E-state index contributed by atoms with van der Waals surface area (Å²) in [7, 11) is -1.59. The second-order valence-electron chi connectivity index (χ2n) is 6.53. The summed E-state index contributed by atoms with van der Waals surface area (Å²) in [6, 6.07) is 5.66. The minimum atomic E-state index is -3.44. The van der Waals surface area contributed by atoms with Crippen LogP contribution in [0.2, 0.25) is 0 Å². The molecule has 0 radical (unpaired) electrons. The van der Waals surface area contributed by atoms with Crippen LogP contribution in [0.3, 0.4) is 0 Å². The van der Waals surface area contributed by atoms with E-state index in [2.05, 4.69) is 30.8 Å². The van der Waals surface area contributed by atoms with Crippen molar-refractivity contribution in [2.75, 3.05) is 13.6 Å². The van der Waals surface area contributed by atoms with Gasteiger partial charge >= 0.3 is 0 Å². The van der Waals surface area contributed by atoms with Crippen LogP contribution in [0, 0.1) is 5.41 Å². The molecule has 4 nitrogen and oxygen atoms in total. The average Bonchev–Trinajstić information content (AvgIpc) is 2.37. The Balaban J connectivity index is 2.97. The highest BCUT2D eigenvalue weighted by Gasteiger charge is 2.19. The van der Waals surface area contributed by atoms with Crippen LogP contribution < -0.4 is 10.0 Å². The first-order valence-corrected chi connectivity index (χ1v) is 8.94. The van der Waals surface area contributed by atoms with Crippen LogP contribution in [-0.2, 0) is 23.0 Å². The molecule has 0 spiro atoms. The minimum absolute atomic E-state index is 0.115. The lowest BCUT2D eigenvalue weighted by Crippen LogP contribution is -2.28. The van der Waals surface area contributed by atoms with Gasteiger partial charge in [0.15, 0.2) is 0 Å². The quantitative estimate of drug-likeness (QED) is 0.814. The van der Waals surface area contributed by atoms with Gasteiger partial charge in [-0.1, -0.05) is 39.8 Å². The molecule has 0 aliphatic carbocycles. The van der Waals surface area contributed by atoms with Gasteiger partial charge in [0.1, 0.15) is 0 Å². The molecule has 1 aromatic rings. The summed E-state index contributed by atoms with van der Waals surface area (Å²) < 4.78 is 27.8. The monoisotopic (exact) mass is 312 g/mol. The second-order valence-corrected chi connectivity index (χ2v) is 8.27. The lowest BCUT2D eigenvalue weighted by atomic mass is 9.93. The van der Waals surface area contributed by atoms with Crippen molar-refractivity contribution in [2.45, 2.75) is 52.0 Å². The van der Waals surface area contributed by atoms with E-state index in [0.29, 0.717) is 24.4 Å². The summed E-state index contributed by atoms with van der Waals surface area (Å²) in [4.78, 5) is 0.409. The van der Waals surface area contributed by atoms with E-state index in [4.69, 9.17) is 0 Å². The Morgan fingerprint density at radius 2 is 1.86 bits per heavy atom. The van der Waals surface area contributed by atoms with Crippen molar-refractivity contribution in [3.8, 4) is 0 Å². The number of sulfonamides is 1. The molecule has 0 aromatic heterocycles. The maximum absolute atomic E-state index is 12.5. The zero-order valence-corrected chi connectivity index (χ0v) is 14.6. The SMILES string of the molecule is CCc1ccc(CNC)cc1S(=O)(=O)NCCC(C)(C)C. The summed E-state index contributed by atoms with van der Waals surface area (Å²) in [5, 5.41) is 3.05. The van der Waals surface area contributed by atoms with Crippen LogP contribution in [0.1, 0.15) is 45.2 Å². The maximum Gasteiger partial charge on any atom is 0.240 e. The molecule has 0 bridgehead atoms. The number of nitrogens with one attached hydrogen (secondary N) is 2. The zero-order valence-electron chi connectivity index (χ0n) is 13.8. The van der Waals surface area contributed by atoms with Crippen molar-refractivity contribution in [1.29, 1.82) is 0 Å². The van der Waals surface area contributed by atoms with E-state index >= 15 is 0 Å². The highest BCUT2D eigenvalue weighted by molar-refractivity contribution is 7.89. The van der Waals surface area contributed by atoms with Crippen LogP contribution in [-0.4, -0.2) is 22.0 Å². The molecule has 1 aromatic carbocycles. The van der Waals surface area contributed by atoms with Crippen LogP contribution in [0.25, 0.3) is 0 Å². The van der Waals surface area contributed by atoms with Gasteiger partial charge in [0.25, 0.3) is 0 Å². The normalized spacial score (nSPS) is 12.6. The minimum Gasteiger partial charge on any atom is -0.316 e. The zero-order chi connectivity index (χ0) is 16.1. The summed E-state index contributed by atoms with van der Waals surface area (Å²) in [6.45, 7) is 9.41. The Labute approximate surface area is 129 Å². The van der Waals surface area contributed by atoms with Gasteiger partial charge in [-0.15, -0.1) is 0 Å². The number of benzene rings is 1. The second kappa shape index (κ2) is 7.38. The Kier molecular flexibility index (Phi) is 6.38. The van der Waals surface area contributed by atoms with Crippen LogP contribution >= 0.6 is 0 Å². The first-order chi connectivity index (χ1) is 9.69. The van der Waals surface area contributed by atoms with Crippen LogP contribution in [0.15, 0.2) is 23.1 Å². The lowest BCUT2D eigenvalue weighted by Gasteiger charge is -2.19. The number of hydrogen-bond acceptors (Lipinski definition) is 3. The molecule has 120 valence electrons. The van der Waals surface area contributed by atoms with Gasteiger partial charge < -0.3 is 5.32 Å². The molecule has 0 aliphatic heterocycles. The highest BCUT2D eigenvalue weighted by atomic mass is 32.2. The Hall–Kier alpha value is -0.910. The fourth-order valence-electron chi connectivity index (χ4n) is 2.09. The van der Waals surface area contributed by atoms with Crippen molar-refractivity contribution in [3.05, 3.63) is 29.3 Å². The molecule has 0 fully saturated rings. The third-order valence-electron chi connectivity index (χ3n) is 3.35. The van der Waals surface area contributed by atoms with Crippen molar-refractivity contribution >= 4 is 10.0 Å². The van der Waals surface area contributed by atoms with E-state index in [-0.39, 0.29) is 5.41 Å². The third kappa shape index (κ3) is 5.77. The number of rotatable bonds is 7. The van der Waals surface area contributed by atoms with E-state index in [1.807, 2.05) is 26.1 Å². The average molecular weight is 312 g/mol. The van der Waals surface area contributed by atoms with Gasteiger partial charge in [-0.25, -0.2) is 13.1 Å². The van der Waals surface area contributed by atoms with Gasteiger partial charge in [0.2, 0.25) is 10.0 Å². The van der Waals surface area contributed by atoms with E-state index in [1.165, 1.54) is 0 Å². The third-order valence-corrected chi connectivity index (χ3v) is 4.89. The molecule has 0 saturated heterocycles. The largest absolute Gasteiger partial charge is 0.316 e. The van der Waals surface area contributed by atoms with E-state index in [1.54, 1.807) is 6.07 Å². The number of hydrogen-bond donors (Lipinski definition) is 2. The first kappa shape index (κ1) is 18.1. The van der Waals surface area contributed by atoms with Gasteiger partial charge in [-0.2, -0.15) is 0 Å². The molecular weight excluding hydrogens is 284 g/mol. The van der Waals surface area contributed by atoms with Crippen molar-refractivity contribution < 1.29 is 8.42 Å². The molecule has 0 atom stereocenters. The van der Waals surface area contributed by atoms with Crippen molar-refractivity contribution in [2.24, 2.45) is 5.41 Å². The lowest BCUT2D eigenvalue weighted by molar-refractivity contribution is 0.378. The summed E-state index contributed by atoms with van der Waals surface area (Å²) >= 11 is 0. The smallest absolute Gasteiger partial charge is 0.240 e. The van der Waals surface area contributed by atoms with Crippen molar-refractivity contribution in [3.63, 3.8) is 0 Å². The predicted octanol–water partition coefficient (Wildman–Crippen LogP) is 2.68. The van der Waals surface area contributed by atoms with Crippen molar-refractivity contribution in [1.82, 2.24) is 10.0 Å². The molecular formula is C16H28N2O2S. The molecule has 2 N–H and O–H groups in total. The van der Waals surface area contributed by atoms with E-state index in [9.17, 15) is 8.42 Å². The molecule has 0 saturated carbocycles.